The number of thioether (sulfide) groups is 1. The van der Waals surface area contributed by atoms with E-state index in [1.807, 2.05) is 18.7 Å². The van der Waals surface area contributed by atoms with Crippen molar-refractivity contribution in [3.8, 4) is 0 Å². The zero-order chi connectivity index (χ0) is 17.5. The number of hydrogen-bond acceptors (Lipinski definition) is 6. The third-order valence-corrected chi connectivity index (χ3v) is 6.16. The lowest BCUT2D eigenvalue weighted by Crippen LogP contribution is -2.31. The van der Waals surface area contributed by atoms with Crippen LogP contribution in [0, 0.1) is 0 Å². The van der Waals surface area contributed by atoms with Gasteiger partial charge in [-0.25, -0.2) is 4.79 Å². The summed E-state index contributed by atoms with van der Waals surface area (Å²) in [6, 6.07) is 0. The molecule has 0 aromatic carbocycles. The molecule has 0 aliphatic carbocycles. The minimum atomic E-state index is -0.250. The van der Waals surface area contributed by atoms with E-state index in [1.165, 1.54) is 4.88 Å². The summed E-state index contributed by atoms with van der Waals surface area (Å²) in [6.45, 7) is 4.02. The molecule has 5 nitrogen and oxygen atoms in total. The average molecular weight is 388 g/mol. The maximum Gasteiger partial charge on any atom is 0.341 e. The molecule has 24 heavy (non-hydrogen) atoms. The summed E-state index contributed by atoms with van der Waals surface area (Å²) in [7, 11) is 4.10. The second-order valence-electron chi connectivity index (χ2n) is 5.77. The van der Waals surface area contributed by atoms with Crippen LogP contribution < -0.4 is 10.6 Å². The van der Waals surface area contributed by atoms with Crippen LogP contribution in [0.2, 0.25) is 0 Å². The number of carbonyl (C=O) groups is 1. The summed E-state index contributed by atoms with van der Waals surface area (Å²) in [6.07, 6.45) is 1.92. The van der Waals surface area contributed by atoms with Gasteiger partial charge in [-0.1, -0.05) is 0 Å². The Morgan fingerprint density at radius 2 is 2.21 bits per heavy atom. The summed E-state index contributed by atoms with van der Waals surface area (Å²) in [5.41, 5.74) is 1.81. The first-order chi connectivity index (χ1) is 11.5. The molecule has 1 aromatic heterocycles. The van der Waals surface area contributed by atoms with Crippen LogP contribution in [-0.4, -0.2) is 55.5 Å². The molecule has 2 N–H and O–H groups in total. The van der Waals surface area contributed by atoms with E-state index in [1.54, 1.807) is 11.3 Å². The molecule has 0 bridgehead atoms. The van der Waals surface area contributed by atoms with Crippen LogP contribution >= 0.6 is 35.3 Å². The number of thiophene rings is 1. The Hall–Kier alpha value is -0.830. The first-order valence-electron chi connectivity index (χ1n) is 8.12. The Labute approximate surface area is 157 Å². The van der Waals surface area contributed by atoms with Crippen LogP contribution in [-0.2, 0) is 16.9 Å². The van der Waals surface area contributed by atoms with Gasteiger partial charge < -0.3 is 20.3 Å². The van der Waals surface area contributed by atoms with Crippen LogP contribution in [0.4, 0.5) is 5.00 Å². The fourth-order valence-electron chi connectivity index (χ4n) is 2.48. The molecule has 0 radical (unpaired) electrons. The summed E-state index contributed by atoms with van der Waals surface area (Å²) >= 11 is 8.90. The molecule has 0 amide bonds. The Morgan fingerprint density at radius 1 is 1.42 bits per heavy atom. The lowest BCUT2D eigenvalue weighted by atomic mass is 10.1. The molecule has 0 fully saturated rings. The first kappa shape index (κ1) is 19.5. The SMILES string of the molecule is CCOC(=O)c1c(NC(=S)NCCCN(C)C)sc2c1CCSC2. The van der Waals surface area contributed by atoms with Gasteiger partial charge in [0.2, 0.25) is 0 Å². The van der Waals surface area contributed by atoms with Gasteiger partial charge in [0.05, 0.1) is 12.2 Å². The van der Waals surface area contributed by atoms with Gasteiger partial charge in [-0.05, 0) is 63.9 Å². The van der Waals surface area contributed by atoms with E-state index in [0.717, 1.165) is 48.0 Å². The van der Waals surface area contributed by atoms with Crippen molar-refractivity contribution in [1.82, 2.24) is 10.2 Å². The highest BCUT2D eigenvalue weighted by atomic mass is 32.2. The minimum absolute atomic E-state index is 0.250. The van der Waals surface area contributed by atoms with Crippen LogP contribution in [0.3, 0.4) is 0 Å². The smallest absolute Gasteiger partial charge is 0.341 e. The van der Waals surface area contributed by atoms with Crippen molar-refractivity contribution in [3.63, 3.8) is 0 Å². The number of ether oxygens (including phenoxy) is 1. The third kappa shape index (κ3) is 5.34. The van der Waals surface area contributed by atoms with Gasteiger partial charge >= 0.3 is 5.97 Å². The van der Waals surface area contributed by atoms with Gasteiger partial charge in [-0.2, -0.15) is 11.8 Å². The summed E-state index contributed by atoms with van der Waals surface area (Å²) in [5, 5.41) is 7.79. The number of nitrogens with zero attached hydrogens (tertiary/aromatic N) is 1. The minimum Gasteiger partial charge on any atom is -0.462 e. The number of thiocarbonyl (C=S) groups is 1. The van der Waals surface area contributed by atoms with Crippen LogP contribution in [0.5, 0.6) is 0 Å². The second kappa shape index (κ2) is 9.60. The molecule has 2 heterocycles. The van der Waals surface area contributed by atoms with E-state index in [4.69, 9.17) is 17.0 Å². The average Bonchev–Trinajstić information content (AvgIpc) is 2.89. The molecule has 1 aliphatic rings. The summed E-state index contributed by atoms with van der Waals surface area (Å²) in [4.78, 5) is 15.8. The third-order valence-electron chi connectivity index (χ3n) is 3.59. The Balaban J connectivity index is 2.04. The lowest BCUT2D eigenvalue weighted by Gasteiger charge is -2.13. The van der Waals surface area contributed by atoms with Gasteiger partial charge in [-0.15, -0.1) is 11.3 Å². The maximum absolute atomic E-state index is 12.4. The fraction of sp³-hybridized carbons (Fsp3) is 0.625. The Kier molecular flexibility index (Phi) is 7.80. The quantitative estimate of drug-likeness (QED) is 0.424. The Bertz CT molecular complexity index is 587. The van der Waals surface area contributed by atoms with E-state index >= 15 is 0 Å². The van der Waals surface area contributed by atoms with Gasteiger partial charge in [0.1, 0.15) is 5.00 Å². The number of anilines is 1. The van der Waals surface area contributed by atoms with E-state index < -0.39 is 0 Å². The van der Waals surface area contributed by atoms with Crippen molar-refractivity contribution < 1.29 is 9.53 Å². The topological polar surface area (TPSA) is 53.6 Å². The van der Waals surface area contributed by atoms with E-state index in [-0.39, 0.29) is 5.97 Å². The molecule has 134 valence electrons. The number of carbonyl (C=O) groups excluding carboxylic acids is 1. The highest BCUT2D eigenvalue weighted by molar-refractivity contribution is 7.98. The predicted octanol–water partition coefficient (Wildman–Crippen LogP) is 2.95. The standard InChI is InChI=1S/C16H25N3O2S3/c1-4-21-15(20)13-11-6-9-23-10-12(11)24-14(13)18-16(22)17-7-5-8-19(2)3/h4-10H2,1-3H3,(H2,17,18,22). The summed E-state index contributed by atoms with van der Waals surface area (Å²) in [5.74, 6) is 1.75. The Morgan fingerprint density at radius 3 is 2.92 bits per heavy atom. The number of hydrogen-bond donors (Lipinski definition) is 2. The zero-order valence-corrected chi connectivity index (χ0v) is 16.9. The molecule has 1 aliphatic heterocycles. The molecule has 0 atom stereocenters. The van der Waals surface area contributed by atoms with Gasteiger partial charge in [0, 0.05) is 17.2 Å². The van der Waals surface area contributed by atoms with Crippen molar-refractivity contribution in [3.05, 3.63) is 16.0 Å². The second-order valence-corrected chi connectivity index (χ2v) is 8.39. The molecule has 0 saturated carbocycles. The van der Waals surface area contributed by atoms with Crippen molar-refractivity contribution in [2.45, 2.75) is 25.5 Å². The first-order valence-corrected chi connectivity index (χ1v) is 10.5. The monoisotopic (exact) mass is 387 g/mol. The predicted molar refractivity (Wildman–Crippen MR) is 108 cm³/mol. The maximum atomic E-state index is 12.4. The van der Waals surface area contributed by atoms with Crippen LogP contribution in [0.1, 0.15) is 34.1 Å². The van der Waals surface area contributed by atoms with E-state index in [2.05, 4.69) is 29.6 Å². The van der Waals surface area contributed by atoms with Gasteiger partial charge in [0.25, 0.3) is 0 Å². The van der Waals surface area contributed by atoms with E-state index in [0.29, 0.717) is 17.3 Å². The largest absolute Gasteiger partial charge is 0.462 e. The van der Waals surface area contributed by atoms with Gasteiger partial charge in [-0.3, -0.25) is 0 Å². The van der Waals surface area contributed by atoms with Crippen molar-refractivity contribution in [1.29, 1.82) is 0 Å². The van der Waals surface area contributed by atoms with Crippen LogP contribution in [0.15, 0.2) is 0 Å². The number of esters is 1. The number of rotatable bonds is 7. The molecule has 1 aromatic rings. The summed E-state index contributed by atoms with van der Waals surface area (Å²) < 4.78 is 5.25. The van der Waals surface area contributed by atoms with Crippen LogP contribution in [0.25, 0.3) is 0 Å². The molecular formula is C16H25N3O2S3. The molecular weight excluding hydrogens is 362 g/mol. The fourth-order valence-corrected chi connectivity index (χ4v) is 5.13. The number of fused-ring (bicyclic) bond motifs is 1. The molecule has 0 saturated heterocycles. The molecule has 2 rings (SSSR count). The van der Waals surface area contributed by atoms with Gasteiger partial charge in [0.15, 0.2) is 5.11 Å². The van der Waals surface area contributed by atoms with Crippen molar-refractivity contribution in [2.24, 2.45) is 0 Å². The highest BCUT2D eigenvalue weighted by Crippen LogP contribution is 2.39. The molecule has 8 heteroatoms. The highest BCUT2D eigenvalue weighted by Gasteiger charge is 2.26. The van der Waals surface area contributed by atoms with E-state index in [9.17, 15) is 4.79 Å². The van der Waals surface area contributed by atoms with Crippen molar-refractivity contribution in [2.75, 3.05) is 44.9 Å². The normalized spacial score (nSPS) is 13.5. The molecule has 0 unspecified atom stereocenters. The zero-order valence-electron chi connectivity index (χ0n) is 14.4. The number of nitrogens with one attached hydrogen (secondary N) is 2. The van der Waals surface area contributed by atoms with Crippen molar-refractivity contribution >= 4 is 51.4 Å². The molecule has 0 spiro atoms. The lowest BCUT2D eigenvalue weighted by molar-refractivity contribution is 0.0527.